The molecule has 2 saturated carbocycles. The van der Waals surface area contributed by atoms with Gasteiger partial charge in [-0.15, -0.1) is 0 Å². The number of hydrogen-bond acceptors (Lipinski definition) is 6. The zero-order valence-electron chi connectivity index (χ0n) is 20.1. The normalized spacial score (nSPS) is 18.2. The van der Waals surface area contributed by atoms with E-state index >= 15 is 0 Å². The molecule has 2 heterocycles. The third-order valence-corrected chi connectivity index (χ3v) is 6.35. The minimum Gasteiger partial charge on any atom is -0.444 e. The molecule has 1 aromatic carbocycles. The van der Waals surface area contributed by atoms with E-state index in [1.54, 1.807) is 4.90 Å². The molecule has 3 aliphatic rings. The highest BCUT2D eigenvalue weighted by atomic mass is 19.4. The molecule has 0 saturated heterocycles. The average molecular weight is 490 g/mol. The molecule has 2 fully saturated rings. The Kier molecular flexibility index (Phi) is 5.80. The molecule has 0 radical (unpaired) electrons. The van der Waals surface area contributed by atoms with Crippen LogP contribution in [0.15, 0.2) is 18.3 Å². The Morgan fingerprint density at radius 2 is 1.89 bits per heavy atom. The number of carbonyl (C=O) groups is 1. The summed E-state index contributed by atoms with van der Waals surface area (Å²) in [7, 11) is 0. The fourth-order valence-corrected chi connectivity index (χ4v) is 4.39. The maximum Gasteiger partial charge on any atom is 0.421 e. The van der Waals surface area contributed by atoms with Crippen molar-refractivity contribution >= 4 is 23.5 Å². The van der Waals surface area contributed by atoms with Crippen molar-refractivity contribution in [1.82, 2.24) is 14.9 Å². The lowest BCUT2D eigenvalue weighted by Crippen LogP contribution is -2.40. The third-order valence-electron chi connectivity index (χ3n) is 6.35. The van der Waals surface area contributed by atoms with E-state index < -0.39 is 17.3 Å². The lowest BCUT2D eigenvalue weighted by atomic mass is 9.91. The third kappa shape index (κ3) is 5.46. The molecule has 0 spiro atoms. The van der Waals surface area contributed by atoms with Gasteiger partial charge in [0, 0.05) is 31.0 Å². The van der Waals surface area contributed by atoms with Gasteiger partial charge < -0.3 is 20.3 Å². The van der Waals surface area contributed by atoms with Gasteiger partial charge in [-0.3, -0.25) is 0 Å². The topological polar surface area (TPSA) is 79.4 Å². The first-order valence-corrected chi connectivity index (χ1v) is 12.1. The quantitative estimate of drug-likeness (QED) is 0.538. The number of benzene rings is 1. The molecule has 0 bridgehead atoms. The molecular weight excluding hydrogens is 459 g/mol. The van der Waals surface area contributed by atoms with E-state index in [9.17, 15) is 18.0 Å². The Morgan fingerprint density at radius 3 is 2.51 bits per heavy atom. The van der Waals surface area contributed by atoms with E-state index in [0.29, 0.717) is 19.0 Å². The predicted molar refractivity (Wildman–Crippen MR) is 126 cm³/mol. The summed E-state index contributed by atoms with van der Waals surface area (Å²) in [6, 6.07) is 3.98. The number of nitrogens with zero attached hydrogens (tertiary/aromatic N) is 3. The van der Waals surface area contributed by atoms with E-state index in [2.05, 4.69) is 20.6 Å². The number of nitrogens with one attached hydrogen (secondary N) is 2. The van der Waals surface area contributed by atoms with Crippen LogP contribution in [0.25, 0.3) is 0 Å². The molecule has 10 heteroatoms. The van der Waals surface area contributed by atoms with Crippen molar-refractivity contribution in [2.45, 2.75) is 83.2 Å². The van der Waals surface area contributed by atoms with Gasteiger partial charge in [0.05, 0.1) is 0 Å². The molecule has 7 nitrogen and oxygen atoms in total. The minimum absolute atomic E-state index is 0.0171. The number of carbonyl (C=O) groups excluding carboxylic acids is 1. The van der Waals surface area contributed by atoms with Gasteiger partial charge in [-0.1, -0.05) is 6.07 Å². The Balaban J connectivity index is 1.44. The Labute approximate surface area is 202 Å². The fraction of sp³-hybridized carbons (Fsp3) is 0.560. The van der Waals surface area contributed by atoms with E-state index in [0.717, 1.165) is 55.1 Å². The van der Waals surface area contributed by atoms with Crippen LogP contribution >= 0.6 is 0 Å². The second kappa shape index (κ2) is 8.57. The number of halogens is 3. The number of rotatable bonds is 5. The summed E-state index contributed by atoms with van der Waals surface area (Å²) < 4.78 is 46.0. The molecular formula is C25H30F3N5O2. The van der Waals surface area contributed by atoms with E-state index in [1.807, 2.05) is 32.9 Å². The van der Waals surface area contributed by atoms with Crippen LogP contribution in [-0.4, -0.2) is 39.1 Å². The van der Waals surface area contributed by atoms with Crippen LogP contribution in [0.2, 0.25) is 0 Å². The zero-order valence-corrected chi connectivity index (χ0v) is 20.1. The summed E-state index contributed by atoms with van der Waals surface area (Å²) in [5.41, 5.74) is 2.69. The first-order chi connectivity index (χ1) is 16.5. The Bertz CT molecular complexity index is 1140. The van der Waals surface area contributed by atoms with Crippen molar-refractivity contribution in [3.63, 3.8) is 0 Å². The van der Waals surface area contributed by atoms with Crippen molar-refractivity contribution < 1.29 is 22.7 Å². The SMILES string of the molecule is CC(C)(C)OC(=O)N1CCc2ccc(Nc3ncc(C(F)(F)F)c(NC4CC4)n3)c(C3CC3)c2C1. The predicted octanol–water partition coefficient (Wildman–Crippen LogP) is 5.98. The largest absolute Gasteiger partial charge is 0.444 e. The van der Waals surface area contributed by atoms with Gasteiger partial charge in [-0.05, 0) is 81.5 Å². The average Bonchev–Trinajstić information content (AvgIpc) is 3.67. The monoisotopic (exact) mass is 489 g/mol. The number of alkyl halides is 3. The van der Waals surface area contributed by atoms with Crippen LogP contribution in [-0.2, 0) is 23.9 Å². The molecule has 0 unspecified atom stereocenters. The summed E-state index contributed by atoms with van der Waals surface area (Å²) in [5.74, 6) is 0.256. The van der Waals surface area contributed by atoms with Gasteiger partial charge in [-0.25, -0.2) is 9.78 Å². The molecule has 5 rings (SSSR count). The van der Waals surface area contributed by atoms with E-state index in [4.69, 9.17) is 4.74 Å². The van der Waals surface area contributed by atoms with Gasteiger partial charge in [0.15, 0.2) is 0 Å². The van der Waals surface area contributed by atoms with E-state index in [1.165, 1.54) is 5.56 Å². The van der Waals surface area contributed by atoms with Crippen molar-refractivity contribution in [2.24, 2.45) is 0 Å². The zero-order chi connectivity index (χ0) is 25.0. The second-order valence-corrected chi connectivity index (χ2v) is 10.6. The molecule has 1 amide bonds. The molecule has 2 aliphatic carbocycles. The van der Waals surface area contributed by atoms with Crippen LogP contribution < -0.4 is 10.6 Å². The summed E-state index contributed by atoms with van der Waals surface area (Å²) in [4.78, 5) is 22.6. The van der Waals surface area contributed by atoms with Crippen molar-refractivity contribution in [3.05, 3.63) is 40.6 Å². The maximum atomic E-state index is 13.5. The summed E-state index contributed by atoms with van der Waals surface area (Å²) in [6.07, 6.45) is 0.389. The number of fused-ring (bicyclic) bond motifs is 1. The molecule has 1 aromatic heterocycles. The maximum absolute atomic E-state index is 13.5. The van der Waals surface area contributed by atoms with Crippen LogP contribution in [0.1, 0.15) is 74.6 Å². The summed E-state index contributed by atoms with van der Waals surface area (Å²) in [6.45, 7) is 6.55. The number of anilines is 3. The summed E-state index contributed by atoms with van der Waals surface area (Å²) >= 11 is 0. The minimum atomic E-state index is -4.54. The second-order valence-electron chi connectivity index (χ2n) is 10.6. The van der Waals surface area contributed by atoms with Crippen LogP contribution in [0, 0.1) is 0 Å². The number of hydrogen-bond donors (Lipinski definition) is 2. The first kappa shape index (κ1) is 23.7. The van der Waals surface area contributed by atoms with Crippen molar-refractivity contribution in [1.29, 1.82) is 0 Å². The van der Waals surface area contributed by atoms with E-state index in [-0.39, 0.29) is 23.9 Å². The van der Waals surface area contributed by atoms with Gasteiger partial charge in [0.1, 0.15) is 17.0 Å². The van der Waals surface area contributed by atoms with Crippen LogP contribution in [0.4, 0.5) is 35.4 Å². The highest BCUT2D eigenvalue weighted by molar-refractivity contribution is 5.71. The number of aromatic nitrogens is 2. The molecule has 2 aromatic rings. The number of amides is 1. The Hall–Kier alpha value is -3.04. The molecule has 1 aliphatic heterocycles. The fourth-order valence-electron chi connectivity index (χ4n) is 4.39. The van der Waals surface area contributed by atoms with Crippen LogP contribution in [0.3, 0.4) is 0 Å². The molecule has 35 heavy (non-hydrogen) atoms. The number of ether oxygens (including phenoxy) is 1. The molecule has 2 N–H and O–H groups in total. The van der Waals surface area contributed by atoms with Gasteiger partial charge in [0.2, 0.25) is 5.95 Å². The van der Waals surface area contributed by atoms with Crippen LogP contribution in [0.5, 0.6) is 0 Å². The first-order valence-electron chi connectivity index (χ1n) is 12.1. The van der Waals surface area contributed by atoms with Gasteiger partial charge in [-0.2, -0.15) is 18.2 Å². The summed E-state index contributed by atoms with van der Waals surface area (Å²) in [5, 5.41) is 6.06. The lowest BCUT2D eigenvalue weighted by molar-refractivity contribution is -0.137. The van der Waals surface area contributed by atoms with Gasteiger partial charge >= 0.3 is 12.3 Å². The highest BCUT2D eigenvalue weighted by Crippen LogP contribution is 2.47. The highest BCUT2D eigenvalue weighted by Gasteiger charge is 2.37. The Morgan fingerprint density at radius 1 is 1.14 bits per heavy atom. The smallest absolute Gasteiger partial charge is 0.421 e. The van der Waals surface area contributed by atoms with Crippen molar-refractivity contribution in [3.8, 4) is 0 Å². The molecule has 188 valence electrons. The molecule has 0 atom stereocenters. The lowest BCUT2D eigenvalue weighted by Gasteiger charge is -2.33. The van der Waals surface area contributed by atoms with Crippen molar-refractivity contribution in [2.75, 3.05) is 17.2 Å². The van der Waals surface area contributed by atoms with Gasteiger partial charge in [0.25, 0.3) is 0 Å². The standard InChI is InChI=1S/C25H30F3N5O2/c1-24(2,3)35-23(34)33-11-10-14-6-9-19(20(15-4-5-15)17(14)13-33)31-22-29-12-18(25(26,27)28)21(32-22)30-16-7-8-16/h6,9,12,15-16H,4-5,7-8,10-11,13H2,1-3H3,(H2,29,30,31,32).